The first-order valence-electron chi connectivity index (χ1n) is 10.6. The highest BCUT2D eigenvalue weighted by Gasteiger charge is 2.37. The minimum Gasteiger partial charge on any atom is -0.493 e. The van der Waals surface area contributed by atoms with Crippen LogP contribution < -0.4 is 9.47 Å². The number of thiazole rings is 1. The number of aliphatic imine (C=N–C) groups is 1. The molecule has 0 bridgehead atoms. The fourth-order valence-electron chi connectivity index (χ4n) is 4.58. The zero-order valence-electron chi connectivity index (χ0n) is 17.6. The molecule has 0 amide bonds. The monoisotopic (exact) mass is 435 g/mol. The fraction of sp³-hybridized carbons (Fsp3) is 0.375. The zero-order valence-corrected chi connectivity index (χ0v) is 18.4. The number of aliphatic hydroxyl groups excluding tert-OH is 1. The lowest BCUT2D eigenvalue weighted by atomic mass is 9.74. The molecule has 5 rings (SSSR count). The number of nitrogens with zero attached hydrogens (tertiary/aromatic N) is 3. The molecule has 160 valence electrons. The van der Waals surface area contributed by atoms with Gasteiger partial charge in [0.05, 0.1) is 31.6 Å². The second-order valence-electron chi connectivity index (χ2n) is 7.92. The third-order valence-electron chi connectivity index (χ3n) is 6.03. The Kier molecular flexibility index (Phi) is 5.46. The molecule has 1 aliphatic heterocycles. The maximum Gasteiger partial charge on any atom is 0.161 e. The average molecular weight is 436 g/mol. The number of aliphatic hydroxyl groups is 1. The Morgan fingerprint density at radius 3 is 2.90 bits per heavy atom. The Hall–Kier alpha value is -2.77. The smallest absolute Gasteiger partial charge is 0.161 e. The van der Waals surface area contributed by atoms with Gasteiger partial charge in [-0.1, -0.05) is 0 Å². The summed E-state index contributed by atoms with van der Waals surface area (Å²) in [6.45, 7) is 2.53. The SMILES string of the molecule is CCOc1cc2c(cc1OC)C(c1csc(-c3cccnc3)n1)=NC1CCC(O)CC21. The van der Waals surface area contributed by atoms with E-state index in [2.05, 4.69) is 16.4 Å². The molecule has 3 atom stereocenters. The molecule has 0 spiro atoms. The van der Waals surface area contributed by atoms with Crippen molar-refractivity contribution in [2.75, 3.05) is 13.7 Å². The molecular weight excluding hydrogens is 410 g/mol. The number of hydrogen-bond acceptors (Lipinski definition) is 7. The van der Waals surface area contributed by atoms with E-state index < -0.39 is 0 Å². The lowest BCUT2D eigenvalue weighted by Crippen LogP contribution is -2.34. The Bertz CT molecular complexity index is 1110. The van der Waals surface area contributed by atoms with Crippen LogP contribution in [0.25, 0.3) is 10.6 Å². The number of benzene rings is 1. The van der Waals surface area contributed by atoms with Gasteiger partial charge in [0, 0.05) is 34.8 Å². The van der Waals surface area contributed by atoms with Crippen LogP contribution in [0, 0.1) is 0 Å². The largest absolute Gasteiger partial charge is 0.493 e. The van der Waals surface area contributed by atoms with Gasteiger partial charge in [-0.15, -0.1) is 11.3 Å². The molecule has 7 heteroatoms. The van der Waals surface area contributed by atoms with Crippen molar-refractivity contribution in [3.63, 3.8) is 0 Å². The minimum atomic E-state index is -0.292. The molecule has 31 heavy (non-hydrogen) atoms. The summed E-state index contributed by atoms with van der Waals surface area (Å²) in [4.78, 5) is 14.3. The molecule has 2 aromatic heterocycles. The number of pyridine rings is 1. The van der Waals surface area contributed by atoms with Crippen LogP contribution in [0.5, 0.6) is 11.5 Å². The summed E-state index contributed by atoms with van der Waals surface area (Å²) in [5, 5.41) is 13.3. The summed E-state index contributed by atoms with van der Waals surface area (Å²) < 4.78 is 11.5. The summed E-state index contributed by atoms with van der Waals surface area (Å²) in [6, 6.07) is 8.16. The van der Waals surface area contributed by atoms with Crippen molar-refractivity contribution >= 4 is 17.0 Å². The molecule has 0 radical (unpaired) electrons. The third-order valence-corrected chi connectivity index (χ3v) is 6.92. The Labute approximate surface area is 185 Å². The first-order chi connectivity index (χ1) is 15.2. The van der Waals surface area contributed by atoms with Crippen LogP contribution in [0.15, 0.2) is 47.0 Å². The molecule has 0 saturated heterocycles. The van der Waals surface area contributed by atoms with E-state index in [1.807, 2.05) is 31.3 Å². The Balaban J connectivity index is 1.62. The first kappa shape index (κ1) is 20.2. The van der Waals surface area contributed by atoms with Gasteiger partial charge in [-0.3, -0.25) is 9.98 Å². The number of ether oxygens (including phenoxy) is 2. The standard InChI is InChI=1S/C24H25N3O3S/c1-3-30-22-10-16-17-9-15(28)6-7-19(17)26-23(18(16)11-21(22)29-2)20-13-31-24(27-20)14-5-4-8-25-12-14/h4-5,8,10-13,15,17,19,28H,3,6-7,9H2,1-2H3. The van der Waals surface area contributed by atoms with Crippen LogP contribution in [0.4, 0.5) is 0 Å². The Morgan fingerprint density at radius 1 is 1.23 bits per heavy atom. The highest BCUT2D eigenvalue weighted by atomic mass is 32.1. The summed E-state index contributed by atoms with van der Waals surface area (Å²) >= 11 is 1.59. The van der Waals surface area contributed by atoms with E-state index in [0.717, 1.165) is 51.7 Å². The second-order valence-corrected chi connectivity index (χ2v) is 8.78. The van der Waals surface area contributed by atoms with Crippen LogP contribution in [0.1, 0.15) is 48.9 Å². The summed E-state index contributed by atoms with van der Waals surface area (Å²) in [5.74, 6) is 1.59. The number of rotatable bonds is 5. The van der Waals surface area contributed by atoms with Gasteiger partial charge >= 0.3 is 0 Å². The van der Waals surface area contributed by atoms with Crippen molar-refractivity contribution in [3.8, 4) is 22.1 Å². The topological polar surface area (TPSA) is 76.8 Å². The normalized spacial score (nSPS) is 22.3. The van der Waals surface area contributed by atoms with Gasteiger partial charge in [-0.05, 0) is 56.0 Å². The molecule has 1 saturated carbocycles. The van der Waals surface area contributed by atoms with Crippen molar-refractivity contribution in [1.29, 1.82) is 0 Å². The van der Waals surface area contributed by atoms with E-state index in [9.17, 15) is 5.11 Å². The lowest BCUT2D eigenvalue weighted by molar-refractivity contribution is 0.111. The summed E-state index contributed by atoms with van der Waals surface area (Å²) in [7, 11) is 1.65. The Morgan fingerprint density at radius 2 is 2.13 bits per heavy atom. The quantitative estimate of drug-likeness (QED) is 0.640. The van der Waals surface area contributed by atoms with E-state index in [1.165, 1.54) is 0 Å². The van der Waals surface area contributed by atoms with Crippen molar-refractivity contribution in [2.45, 2.75) is 44.2 Å². The van der Waals surface area contributed by atoms with Crippen molar-refractivity contribution in [2.24, 2.45) is 4.99 Å². The second kappa shape index (κ2) is 8.40. The molecule has 6 nitrogen and oxygen atoms in total. The molecule has 1 aliphatic carbocycles. The van der Waals surface area contributed by atoms with Crippen molar-refractivity contribution in [3.05, 3.63) is 58.9 Å². The van der Waals surface area contributed by atoms with Crippen LogP contribution >= 0.6 is 11.3 Å². The van der Waals surface area contributed by atoms with E-state index >= 15 is 0 Å². The van der Waals surface area contributed by atoms with Crippen LogP contribution in [0.2, 0.25) is 0 Å². The predicted octanol–water partition coefficient (Wildman–Crippen LogP) is 4.46. The highest BCUT2D eigenvalue weighted by Crippen LogP contribution is 2.45. The van der Waals surface area contributed by atoms with E-state index in [0.29, 0.717) is 18.8 Å². The minimum absolute atomic E-state index is 0.136. The molecule has 1 N–H and O–H groups in total. The average Bonchev–Trinajstić information content (AvgIpc) is 3.29. The number of fused-ring (bicyclic) bond motifs is 3. The van der Waals surface area contributed by atoms with Gasteiger partial charge in [0.1, 0.15) is 10.7 Å². The molecular formula is C24H25N3O3S. The fourth-order valence-corrected chi connectivity index (χ4v) is 5.38. The van der Waals surface area contributed by atoms with Gasteiger partial charge in [-0.2, -0.15) is 0 Å². The van der Waals surface area contributed by atoms with Crippen LogP contribution in [-0.2, 0) is 0 Å². The highest BCUT2D eigenvalue weighted by molar-refractivity contribution is 7.13. The summed E-state index contributed by atoms with van der Waals surface area (Å²) in [5.41, 5.74) is 4.92. The lowest BCUT2D eigenvalue weighted by Gasteiger charge is -2.37. The van der Waals surface area contributed by atoms with Gasteiger partial charge in [0.15, 0.2) is 11.5 Å². The summed E-state index contributed by atoms with van der Waals surface area (Å²) in [6.07, 6.45) is 5.66. The van der Waals surface area contributed by atoms with Crippen molar-refractivity contribution in [1.82, 2.24) is 9.97 Å². The number of hydrogen-bond donors (Lipinski definition) is 1. The van der Waals surface area contributed by atoms with Gasteiger partial charge < -0.3 is 14.6 Å². The molecule has 1 fully saturated rings. The van der Waals surface area contributed by atoms with Crippen LogP contribution in [-0.4, -0.2) is 46.6 Å². The van der Waals surface area contributed by atoms with Crippen molar-refractivity contribution < 1.29 is 14.6 Å². The van der Waals surface area contributed by atoms with Gasteiger partial charge in [-0.25, -0.2) is 4.98 Å². The van der Waals surface area contributed by atoms with E-state index in [-0.39, 0.29) is 18.1 Å². The van der Waals surface area contributed by atoms with E-state index in [1.54, 1.807) is 24.6 Å². The molecule has 2 aliphatic rings. The first-order valence-corrected chi connectivity index (χ1v) is 11.5. The maximum absolute atomic E-state index is 10.3. The van der Waals surface area contributed by atoms with E-state index in [4.69, 9.17) is 19.5 Å². The van der Waals surface area contributed by atoms with Crippen LogP contribution in [0.3, 0.4) is 0 Å². The molecule has 3 unspecified atom stereocenters. The third kappa shape index (κ3) is 3.72. The maximum atomic E-state index is 10.3. The predicted molar refractivity (Wildman–Crippen MR) is 122 cm³/mol. The zero-order chi connectivity index (χ0) is 21.4. The molecule has 3 heterocycles. The van der Waals surface area contributed by atoms with Gasteiger partial charge in [0.2, 0.25) is 0 Å². The number of aromatic nitrogens is 2. The number of methoxy groups -OCH3 is 1. The van der Waals surface area contributed by atoms with Gasteiger partial charge in [0.25, 0.3) is 0 Å². The molecule has 1 aromatic carbocycles. The molecule has 3 aromatic rings.